The first-order valence-corrected chi connectivity index (χ1v) is 11.2. The summed E-state index contributed by atoms with van der Waals surface area (Å²) in [5.41, 5.74) is 10.0. The summed E-state index contributed by atoms with van der Waals surface area (Å²) in [5.74, 6) is 0. The minimum absolute atomic E-state index is 1.18. The predicted molar refractivity (Wildman–Crippen MR) is 139 cm³/mol. The molecule has 156 valence electrons. The third-order valence-electron chi connectivity index (χ3n) is 6.22. The summed E-state index contributed by atoms with van der Waals surface area (Å²) < 4.78 is 2.45. The van der Waals surface area contributed by atoms with Crippen molar-refractivity contribution in [3.63, 3.8) is 0 Å². The van der Waals surface area contributed by atoms with Gasteiger partial charge in [0.05, 0.1) is 11.0 Å². The molecular formula is C31H27N. The van der Waals surface area contributed by atoms with Crippen LogP contribution in [0.15, 0.2) is 109 Å². The van der Waals surface area contributed by atoms with E-state index < -0.39 is 0 Å². The van der Waals surface area contributed by atoms with Crippen LogP contribution in [0.25, 0.3) is 44.2 Å². The first-order chi connectivity index (χ1) is 15.7. The number of benzene rings is 4. The zero-order chi connectivity index (χ0) is 22.1. The van der Waals surface area contributed by atoms with Crippen LogP contribution in [0.5, 0.6) is 0 Å². The molecule has 32 heavy (non-hydrogen) atoms. The minimum Gasteiger partial charge on any atom is -0.308 e. The van der Waals surface area contributed by atoms with Gasteiger partial charge in [0.25, 0.3) is 0 Å². The number of allylic oxidation sites excluding steroid dienone is 4. The zero-order valence-corrected chi connectivity index (χ0v) is 18.8. The molecule has 0 aliphatic heterocycles. The van der Waals surface area contributed by atoms with Gasteiger partial charge in [-0.1, -0.05) is 97.1 Å². The molecule has 0 unspecified atom stereocenters. The maximum atomic E-state index is 2.45. The highest BCUT2D eigenvalue weighted by molar-refractivity contribution is 6.16. The number of hydrogen-bond donors (Lipinski definition) is 0. The molecule has 0 spiro atoms. The number of nitrogens with zero attached hydrogens (tertiary/aromatic N) is 1. The molecule has 0 radical (unpaired) electrons. The van der Waals surface area contributed by atoms with E-state index in [9.17, 15) is 0 Å². The fourth-order valence-corrected chi connectivity index (χ4v) is 4.69. The monoisotopic (exact) mass is 413 g/mol. The summed E-state index contributed by atoms with van der Waals surface area (Å²) in [7, 11) is 0. The molecule has 0 saturated carbocycles. The van der Waals surface area contributed by atoms with Crippen molar-refractivity contribution in [1.29, 1.82) is 0 Å². The smallest absolute Gasteiger partial charge is 0.0619 e. The summed E-state index contributed by atoms with van der Waals surface area (Å²) in [6.45, 7) is 6.45. The normalized spacial score (nSPS) is 12.3. The van der Waals surface area contributed by atoms with Gasteiger partial charge in [0, 0.05) is 27.6 Å². The van der Waals surface area contributed by atoms with E-state index in [1.165, 1.54) is 55.3 Å². The van der Waals surface area contributed by atoms with Crippen molar-refractivity contribution in [3.8, 4) is 16.8 Å². The van der Waals surface area contributed by atoms with Crippen LogP contribution in [0, 0.1) is 6.92 Å². The van der Waals surface area contributed by atoms with E-state index in [-0.39, 0.29) is 0 Å². The molecule has 5 rings (SSSR count). The van der Waals surface area contributed by atoms with Crippen molar-refractivity contribution >= 4 is 27.4 Å². The van der Waals surface area contributed by atoms with Gasteiger partial charge in [0.1, 0.15) is 0 Å². The molecule has 1 heteroatoms. The molecule has 0 aliphatic rings. The summed E-state index contributed by atoms with van der Waals surface area (Å²) in [6, 6.07) is 32.8. The van der Waals surface area contributed by atoms with Gasteiger partial charge in [-0.05, 0) is 49.6 Å². The Morgan fingerprint density at radius 2 is 1.34 bits per heavy atom. The van der Waals surface area contributed by atoms with Gasteiger partial charge in [0.2, 0.25) is 0 Å². The molecule has 0 fully saturated rings. The Morgan fingerprint density at radius 3 is 2.09 bits per heavy atom. The second-order valence-corrected chi connectivity index (χ2v) is 8.26. The number of aryl methyl sites for hydroxylation is 1. The van der Waals surface area contributed by atoms with E-state index in [0.717, 1.165) is 0 Å². The van der Waals surface area contributed by atoms with E-state index >= 15 is 0 Å². The summed E-state index contributed by atoms with van der Waals surface area (Å²) in [6.07, 6.45) is 6.39. The Labute approximate surface area is 190 Å². The van der Waals surface area contributed by atoms with Crippen molar-refractivity contribution in [2.75, 3.05) is 0 Å². The number of rotatable bonds is 4. The Balaban J connectivity index is 1.99. The maximum absolute atomic E-state index is 2.45. The maximum Gasteiger partial charge on any atom is 0.0619 e. The van der Waals surface area contributed by atoms with Gasteiger partial charge in [-0.2, -0.15) is 0 Å². The molecule has 0 amide bonds. The van der Waals surface area contributed by atoms with Crippen LogP contribution in [-0.4, -0.2) is 4.57 Å². The molecule has 0 N–H and O–H groups in total. The lowest BCUT2D eigenvalue weighted by molar-refractivity contribution is 1.18. The van der Waals surface area contributed by atoms with Crippen LogP contribution in [0.1, 0.15) is 25.0 Å². The van der Waals surface area contributed by atoms with Crippen molar-refractivity contribution in [3.05, 3.63) is 120 Å². The van der Waals surface area contributed by atoms with Crippen LogP contribution in [0.4, 0.5) is 0 Å². The lowest BCUT2D eigenvalue weighted by atomic mass is 9.98. The standard InChI is InChI=1S/C31H27N/c1-4-5-13-23(3)26-18-11-20-28-29-21-12-19-27(25-17-10-9-14-22(25)2)31(29)32(30(26)28)24-15-7-6-8-16-24/h4-21H,1-3H3/b5-4-,23-13+. The lowest BCUT2D eigenvalue weighted by Gasteiger charge is -2.14. The molecular weight excluding hydrogens is 386 g/mol. The van der Waals surface area contributed by atoms with Crippen molar-refractivity contribution in [1.82, 2.24) is 4.57 Å². The summed E-state index contributed by atoms with van der Waals surface area (Å²) in [4.78, 5) is 0. The first-order valence-electron chi connectivity index (χ1n) is 11.2. The van der Waals surface area contributed by atoms with Gasteiger partial charge < -0.3 is 4.57 Å². The molecule has 0 atom stereocenters. The fourth-order valence-electron chi connectivity index (χ4n) is 4.69. The molecule has 1 nitrogen and oxygen atoms in total. The molecule has 0 bridgehead atoms. The molecule has 0 aliphatic carbocycles. The van der Waals surface area contributed by atoms with Crippen LogP contribution >= 0.6 is 0 Å². The molecule has 4 aromatic carbocycles. The average Bonchev–Trinajstić information content (AvgIpc) is 3.18. The Bertz CT molecular complexity index is 1480. The van der Waals surface area contributed by atoms with Gasteiger partial charge in [-0.25, -0.2) is 0 Å². The molecule has 5 aromatic rings. The van der Waals surface area contributed by atoms with Crippen LogP contribution < -0.4 is 0 Å². The van der Waals surface area contributed by atoms with Gasteiger partial charge in [-0.3, -0.25) is 0 Å². The van der Waals surface area contributed by atoms with Gasteiger partial charge >= 0.3 is 0 Å². The SMILES string of the molecule is C/C=C\C=C(/C)c1cccc2c3cccc(-c4ccccc4C)c3n(-c3ccccc3)c12. The molecule has 1 heterocycles. The lowest BCUT2D eigenvalue weighted by Crippen LogP contribution is -1.98. The topological polar surface area (TPSA) is 4.93 Å². The van der Waals surface area contributed by atoms with Crippen LogP contribution in [0.2, 0.25) is 0 Å². The number of hydrogen-bond acceptors (Lipinski definition) is 0. The van der Waals surface area contributed by atoms with Crippen molar-refractivity contribution in [2.45, 2.75) is 20.8 Å². The van der Waals surface area contributed by atoms with E-state index in [4.69, 9.17) is 0 Å². The highest BCUT2D eigenvalue weighted by Crippen LogP contribution is 2.41. The van der Waals surface area contributed by atoms with E-state index in [1.807, 2.05) is 0 Å². The summed E-state index contributed by atoms with van der Waals surface area (Å²) in [5, 5.41) is 2.57. The number of fused-ring (bicyclic) bond motifs is 3. The van der Waals surface area contributed by atoms with E-state index in [1.54, 1.807) is 0 Å². The van der Waals surface area contributed by atoms with E-state index in [0.29, 0.717) is 0 Å². The van der Waals surface area contributed by atoms with Crippen LogP contribution in [0.3, 0.4) is 0 Å². The Morgan fingerprint density at radius 1 is 0.688 bits per heavy atom. The van der Waals surface area contributed by atoms with Crippen molar-refractivity contribution < 1.29 is 0 Å². The zero-order valence-electron chi connectivity index (χ0n) is 18.8. The van der Waals surface area contributed by atoms with Gasteiger partial charge in [0.15, 0.2) is 0 Å². The van der Waals surface area contributed by atoms with Crippen molar-refractivity contribution in [2.24, 2.45) is 0 Å². The predicted octanol–water partition coefficient (Wildman–Crippen LogP) is 8.74. The first kappa shape index (κ1) is 20.1. The minimum atomic E-state index is 1.18. The second-order valence-electron chi connectivity index (χ2n) is 8.26. The summed E-state index contributed by atoms with van der Waals surface area (Å²) >= 11 is 0. The Hall–Kier alpha value is -3.84. The fraction of sp³-hybridized carbons (Fsp3) is 0.0968. The highest BCUT2D eigenvalue weighted by atomic mass is 15.0. The molecule has 1 aromatic heterocycles. The Kier molecular flexibility index (Phi) is 5.25. The number of aromatic nitrogens is 1. The van der Waals surface area contributed by atoms with Crippen LogP contribution in [-0.2, 0) is 0 Å². The highest BCUT2D eigenvalue weighted by Gasteiger charge is 2.19. The van der Waals surface area contributed by atoms with Gasteiger partial charge in [-0.15, -0.1) is 0 Å². The quantitative estimate of drug-likeness (QED) is 0.260. The molecule has 0 saturated heterocycles. The average molecular weight is 414 g/mol. The largest absolute Gasteiger partial charge is 0.308 e. The second kappa shape index (κ2) is 8.36. The third-order valence-corrected chi connectivity index (χ3v) is 6.22. The number of para-hydroxylation sites is 3. The third kappa shape index (κ3) is 3.27. The van der Waals surface area contributed by atoms with E-state index in [2.05, 4.69) is 135 Å².